The number of nitrogens with zero attached hydrogens (tertiary/aromatic N) is 2. The van der Waals surface area contributed by atoms with Crippen LogP contribution in [0.25, 0.3) is 33.8 Å². The molecule has 1 radical (unpaired) electrons. The van der Waals surface area contributed by atoms with Crippen molar-refractivity contribution < 1.29 is 30.3 Å². The van der Waals surface area contributed by atoms with E-state index in [2.05, 4.69) is 96.1 Å². The average molecular weight is 742 g/mol. The van der Waals surface area contributed by atoms with Crippen molar-refractivity contribution in [1.82, 2.24) is 9.97 Å². The Morgan fingerprint density at radius 2 is 1.38 bits per heavy atom. The molecule has 5 heteroatoms. The number of allylic oxidation sites excluding steroid dienone is 1. The predicted octanol–water partition coefficient (Wildman–Crippen LogP) is 9.23. The molecule has 0 saturated heterocycles. The second kappa shape index (κ2) is 15.4. The molecule has 1 heterocycles. The normalized spacial score (nSPS) is 12.1. The minimum Gasteiger partial charge on any atom is -0.512 e. The molecule has 2 N–H and O–H groups in total. The van der Waals surface area contributed by atoms with Gasteiger partial charge in [-0.2, -0.15) is 0 Å². The number of aromatic nitrogens is 2. The summed E-state index contributed by atoms with van der Waals surface area (Å²) in [6.07, 6.45) is 2.88. The van der Waals surface area contributed by atoms with E-state index in [1.54, 1.807) is 0 Å². The standard InChI is InChI=1S/C28H27N2.C9H18O2.Ir/c1-17-10-18(2)13-23(12-17)27-28(24-14-19(3)11-20(4)15-24)30-25(16-29-27)26-21(5)8-7-9-22(26)6;1-6(2)8(10)5-9(11)7(3)4;/h7-12,14-16H,1-6H3;5-8,10-11H,1-4H3;/q-1;;. The molecule has 4 rings (SSSR count). The van der Waals surface area contributed by atoms with Crippen LogP contribution in [0.3, 0.4) is 0 Å². The molecule has 42 heavy (non-hydrogen) atoms. The third-order valence-electron chi connectivity index (χ3n) is 7.02. The Kier molecular flexibility index (Phi) is 12.9. The quantitative estimate of drug-likeness (QED) is 0.153. The van der Waals surface area contributed by atoms with Crippen molar-refractivity contribution in [3.8, 4) is 33.8 Å². The van der Waals surface area contributed by atoms with Crippen LogP contribution >= 0.6 is 0 Å². The largest absolute Gasteiger partial charge is 0.512 e. The molecule has 0 fully saturated rings. The van der Waals surface area contributed by atoms with Crippen LogP contribution in [0.4, 0.5) is 0 Å². The topological polar surface area (TPSA) is 66.2 Å². The van der Waals surface area contributed by atoms with Crippen LogP contribution in [0.5, 0.6) is 0 Å². The maximum absolute atomic E-state index is 9.31. The van der Waals surface area contributed by atoms with Crippen LogP contribution in [0.2, 0.25) is 0 Å². The van der Waals surface area contributed by atoms with Gasteiger partial charge in [0.25, 0.3) is 0 Å². The van der Waals surface area contributed by atoms with Crippen LogP contribution in [-0.4, -0.2) is 26.3 Å². The third-order valence-corrected chi connectivity index (χ3v) is 7.02. The van der Waals surface area contributed by atoms with Gasteiger partial charge in [0.2, 0.25) is 0 Å². The number of aliphatic hydroxyl groups is 2. The van der Waals surface area contributed by atoms with Crippen LogP contribution in [0.15, 0.2) is 66.6 Å². The van der Waals surface area contributed by atoms with Crippen molar-refractivity contribution in [2.45, 2.75) is 75.3 Å². The Balaban J connectivity index is 0.000000440. The van der Waals surface area contributed by atoms with Gasteiger partial charge in [-0.3, -0.25) is 4.98 Å². The maximum atomic E-state index is 9.31. The second-order valence-corrected chi connectivity index (χ2v) is 11.8. The Labute approximate surface area is 266 Å². The predicted molar refractivity (Wildman–Crippen MR) is 172 cm³/mol. The molecule has 1 aromatic heterocycles. The van der Waals surface area contributed by atoms with Gasteiger partial charge in [0.15, 0.2) is 0 Å². The van der Waals surface area contributed by atoms with Gasteiger partial charge in [0.1, 0.15) is 0 Å². The Morgan fingerprint density at radius 1 is 0.810 bits per heavy atom. The molecule has 0 amide bonds. The van der Waals surface area contributed by atoms with E-state index in [0.717, 1.165) is 39.3 Å². The molecule has 4 nitrogen and oxygen atoms in total. The van der Waals surface area contributed by atoms with Gasteiger partial charge in [0, 0.05) is 43.5 Å². The summed E-state index contributed by atoms with van der Waals surface area (Å²) < 4.78 is 0. The molecule has 1 atom stereocenters. The second-order valence-electron chi connectivity index (χ2n) is 11.8. The van der Waals surface area contributed by atoms with Crippen molar-refractivity contribution in [2.75, 3.05) is 0 Å². The summed E-state index contributed by atoms with van der Waals surface area (Å²) in [5, 5.41) is 18.6. The van der Waals surface area contributed by atoms with E-state index in [4.69, 9.17) is 9.97 Å². The van der Waals surface area contributed by atoms with Crippen molar-refractivity contribution in [1.29, 1.82) is 0 Å². The summed E-state index contributed by atoms with van der Waals surface area (Å²) in [5.41, 5.74) is 13.1. The first-order chi connectivity index (χ1) is 19.3. The van der Waals surface area contributed by atoms with Crippen LogP contribution in [-0.2, 0) is 20.1 Å². The maximum Gasteiger partial charge on any atom is 0.0933 e. The van der Waals surface area contributed by atoms with E-state index in [9.17, 15) is 10.2 Å². The van der Waals surface area contributed by atoms with E-state index in [1.165, 1.54) is 33.9 Å². The Morgan fingerprint density at radius 3 is 1.90 bits per heavy atom. The molecule has 225 valence electrons. The number of hydrogen-bond donors (Lipinski definition) is 2. The van der Waals surface area contributed by atoms with E-state index in [-0.39, 0.29) is 37.7 Å². The number of aliphatic hydroxyl groups excluding tert-OH is 2. The summed E-state index contributed by atoms with van der Waals surface area (Å²) in [6, 6.07) is 20.7. The van der Waals surface area contributed by atoms with E-state index < -0.39 is 6.10 Å². The molecular weight excluding hydrogens is 697 g/mol. The molecule has 3 aromatic carbocycles. The van der Waals surface area contributed by atoms with Crippen LogP contribution in [0, 0.1) is 59.4 Å². The molecule has 0 bridgehead atoms. The number of aryl methyl sites for hydroxylation is 6. The number of rotatable bonds is 6. The first-order valence-electron chi connectivity index (χ1n) is 14.4. The SMILES string of the molecule is CC(C)C(O)=CC(O)C(C)C.Cc1[c-]c(-c2ncc(-c3c(C)cccc3C)nc2-c2cc(C)cc(C)c2)cc(C)c1.[Ir]. The minimum absolute atomic E-state index is 0. The van der Waals surface area contributed by atoms with Crippen molar-refractivity contribution in [3.05, 3.63) is 106 Å². The number of benzene rings is 3. The van der Waals surface area contributed by atoms with E-state index in [0.29, 0.717) is 0 Å². The smallest absolute Gasteiger partial charge is 0.0933 e. The van der Waals surface area contributed by atoms with Gasteiger partial charge < -0.3 is 15.2 Å². The summed E-state index contributed by atoms with van der Waals surface area (Å²) >= 11 is 0. The summed E-state index contributed by atoms with van der Waals surface area (Å²) in [7, 11) is 0. The molecule has 0 aliphatic rings. The molecule has 4 aromatic rings. The third kappa shape index (κ3) is 9.19. The van der Waals surface area contributed by atoms with Gasteiger partial charge >= 0.3 is 0 Å². The Hall–Kier alpha value is -3.11. The molecule has 1 unspecified atom stereocenters. The molecular formula is C37H45IrN2O2-. The zero-order valence-corrected chi connectivity index (χ0v) is 29.0. The minimum atomic E-state index is -0.530. The van der Waals surface area contributed by atoms with Gasteiger partial charge in [-0.25, -0.2) is 0 Å². The zero-order chi connectivity index (χ0) is 30.4. The van der Waals surface area contributed by atoms with Gasteiger partial charge in [-0.1, -0.05) is 89.1 Å². The first-order valence-corrected chi connectivity index (χ1v) is 14.4. The van der Waals surface area contributed by atoms with Gasteiger partial charge in [-0.05, 0) is 56.4 Å². The Bertz CT molecular complexity index is 1480. The fraction of sp³-hybridized carbons (Fsp3) is 0.351. The summed E-state index contributed by atoms with van der Waals surface area (Å²) in [5.74, 6) is 0.533. The summed E-state index contributed by atoms with van der Waals surface area (Å²) in [4.78, 5) is 10.1. The van der Waals surface area contributed by atoms with Crippen LogP contribution in [0.1, 0.15) is 61.1 Å². The number of hydrogen-bond acceptors (Lipinski definition) is 4. The average Bonchev–Trinajstić information content (AvgIpc) is 2.87. The van der Waals surface area contributed by atoms with Crippen molar-refractivity contribution in [3.63, 3.8) is 0 Å². The van der Waals surface area contributed by atoms with E-state index in [1.807, 2.05) is 33.9 Å². The fourth-order valence-electron chi connectivity index (χ4n) is 4.82. The van der Waals surface area contributed by atoms with E-state index >= 15 is 0 Å². The molecule has 0 aliphatic heterocycles. The fourth-order valence-corrected chi connectivity index (χ4v) is 4.82. The molecule has 0 saturated carbocycles. The molecule has 0 aliphatic carbocycles. The molecule has 0 spiro atoms. The van der Waals surface area contributed by atoms with Gasteiger partial charge in [0.05, 0.1) is 23.3 Å². The summed E-state index contributed by atoms with van der Waals surface area (Å²) in [6.45, 7) is 20.3. The monoisotopic (exact) mass is 742 g/mol. The van der Waals surface area contributed by atoms with Crippen molar-refractivity contribution >= 4 is 0 Å². The zero-order valence-electron chi connectivity index (χ0n) is 26.6. The van der Waals surface area contributed by atoms with Crippen LogP contribution < -0.4 is 0 Å². The first kappa shape index (κ1) is 35.1. The van der Waals surface area contributed by atoms with Gasteiger partial charge in [-0.15, -0.1) is 34.9 Å². The van der Waals surface area contributed by atoms with Crippen molar-refractivity contribution in [2.24, 2.45) is 11.8 Å².